The first-order valence-corrected chi connectivity index (χ1v) is 23.3. The maximum atomic E-state index is 6.83. The first-order chi connectivity index (χ1) is 31.5. The minimum Gasteiger partial charge on any atom is -0.457 e. The first kappa shape index (κ1) is 42.8. The average Bonchev–Trinajstić information content (AvgIpc) is 3.85. The van der Waals surface area contributed by atoms with Gasteiger partial charge in [-0.25, -0.2) is 4.98 Å². The summed E-state index contributed by atoms with van der Waals surface area (Å²) in [7, 11) is 0. The summed E-state index contributed by atoms with van der Waals surface area (Å²) in [6, 6.07) is 59.3. The van der Waals surface area contributed by atoms with Gasteiger partial charge in [0, 0.05) is 51.6 Å². The van der Waals surface area contributed by atoms with Gasteiger partial charge in [0.25, 0.3) is 0 Å². The van der Waals surface area contributed by atoms with Gasteiger partial charge in [-0.1, -0.05) is 159 Å². The van der Waals surface area contributed by atoms with E-state index in [1.54, 1.807) is 0 Å². The Hall–Kier alpha value is -7.11. The summed E-state index contributed by atoms with van der Waals surface area (Å²) in [5, 5.41) is 2.33. The van der Waals surface area contributed by atoms with Gasteiger partial charge in [0.15, 0.2) is 0 Å². The molecule has 2 aromatic heterocycles. The van der Waals surface area contributed by atoms with E-state index in [2.05, 4.69) is 247 Å². The Morgan fingerprint density at radius 2 is 1.11 bits per heavy atom. The molecule has 0 aliphatic carbocycles. The van der Waals surface area contributed by atoms with Gasteiger partial charge in [-0.2, -0.15) is 0 Å². The highest BCUT2D eigenvalue weighted by Crippen LogP contribution is 2.51. The Morgan fingerprint density at radius 3 is 1.80 bits per heavy atom. The van der Waals surface area contributed by atoms with Crippen molar-refractivity contribution in [1.29, 1.82) is 0 Å². The molecule has 0 bridgehead atoms. The lowest BCUT2D eigenvalue weighted by molar-refractivity contribution is 0.483. The predicted molar refractivity (Wildman–Crippen MR) is 279 cm³/mol. The lowest BCUT2D eigenvalue weighted by atomic mass is 9.80. The molecule has 9 aromatic rings. The van der Waals surface area contributed by atoms with Crippen LogP contribution in [0.5, 0.6) is 11.5 Å². The van der Waals surface area contributed by atoms with Gasteiger partial charge in [0.1, 0.15) is 24.0 Å². The zero-order valence-electron chi connectivity index (χ0n) is 40.1. The standard InChI is InChI=1S/C61H60N4O/c1-40-32-57(62-38-53(40)42-26-28-43(29-27-42)59(2,3)4)65-54-24-15-14-22-51(54)52-31-30-49(37-56(52)65)66-48-21-16-20-46(36-48)63-39-64(47-34-44(60(5,6)7)33-45(35-47)61(8,9)10)58-50(23-17-25-55(58)63)41-18-12-11-13-19-41/h11-38H,39H2,1-10H3. The number of anilines is 4. The summed E-state index contributed by atoms with van der Waals surface area (Å²) >= 11 is 0. The Bertz CT molecular complexity index is 3230. The summed E-state index contributed by atoms with van der Waals surface area (Å²) in [6.07, 6.45) is 2.02. The van der Waals surface area contributed by atoms with E-state index in [-0.39, 0.29) is 16.2 Å². The fourth-order valence-corrected chi connectivity index (χ4v) is 9.46. The molecule has 0 fully saturated rings. The second-order valence-corrected chi connectivity index (χ2v) is 21.1. The van der Waals surface area contributed by atoms with Crippen LogP contribution in [-0.4, -0.2) is 16.2 Å². The van der Waals surface area contributed by atoms with E-state index in [0.717, 1.165) is 50.7 Å². The number of benzene rings is 7. The van der Waals surface area contributed by atoms with Gasteiger partial charge in [0.05, 0.1) is 22.4 Å². The normalized spacial score (nSPS) is 13.2. The molecule has 0 saturated carbocycles. The van der Waals surface area contributed by atoms with Gasteiger partial charge in [-0.15, -0.1) is 0 Å². The molecule has 7 aromatic carbocycles. The van der Waals surface area contributed by atoms with E-state index in [0.29, 0.717) is 6.67 Å². The number of para-hydroxylation sites is 2. The van der Waals surface area contributed by atoms with E-state index in [9.17, 15) is 0 Å². The average molecular weight is 865 g/mol. The molecular formula is C61H60N4O. The van der Waals surface area contributed by atoms with Crippen molar-refractivity contribution in [1.82, 2.24) is 9.55 Å². The van der Waals surface area contributed by atoms with E-state index in [1.807, 2.05) is 6.20 Å². The van der Waals surface area contributed by atoms with Crippen LogP contribution in [0.3, 0.4) is 0 Å². The fraction of sp³-hybridized carbons (Fsp3) is 0.230. The van der Waals surface area contributed by atoms with Crippen molar-refractivity contribution in [3.8, 4) is 39.6 Å². The van der Waals surface area contributed by atoms with Crippen molar-refractivity contribution < 1.29 is 4.74 Å². The SMILES string of the molecule is Cc1cc(-n2c3ccccc3c3ccc(Oc4cccc(N5CN(c6cc(C(C)(C)C)cc(C(C)(C)C)c6)c6c(-c7ccccc7)cccc65)c4)cc32)ncc1-c1ccc(C(C)(C)C)cc1. The number of rotatable bonds is 7. The number of nitrogens with zero attached hydrogens (tertiary/aromatic N) is 4. The van der Waals surface area contributed by atoms with Gasteiger partial charge < -0.3 is 14.5 Å². The summed E-state index contributed by atoms with van der Waals surface area (Å²) in [5.74, 6) is 2.41. The van der Waals surface area contributed by atoms with Crippen molar-refractivity contribution in [3.63, 3.8) is 0 Å². The minimum absolute atomic E-state index is 0.0142. The van der Waals surface area contributed by atoms with E-state index < -0.39 is 0 Å². The molecule has 0 spiro atoms. The van der Waals surface area contributed by atoms with Crippen LogP contribution in [0.15, 0.2) is 170 Å². The van der Waals surface area contributed by atoms with E-state index in [4.69, 9.17) is 9.72 Å². The third-order valence-corrected chi connectivity index (χ3v) is 13.3. The van der Waals surface area contributed by atoms with E-state index in [1.165, 1.54) is 55.7 Å². The summed E-state index contributed by atoms with van der Waals surface area (Å²) < 4.78 is 9.10. The first-order valence-electron chi connectivity index (χ1n) is 23.3. The van der Waals surface area contributed by atoms with Crippen molar-refractivity contribution in [3.05, 3.63) is 192 Å². The molecule has 1 aliphatic rings. The molecule has 10 rings (SSSR count). The molecule has 66 heavy (non-hydrogen) atoms. The molecule has 5 nitrogen and oxygen atoms in total. The molecule has 0 N–H and O–H groups in total. The molecule has 0 radical (unpaired) electrons. The van der Waals surface area contributed by atoms with E-state index >= 15 is 0 Å². The zero-order chi connectivity index (χ0) is 46.1. The maximum Gasteiger partial charge on any atom is 0.137 e. The highest BCUT2D eigenvalue weighted by molar-refractivity contribution is 6.09. The lowest BCUT2D eigenvalue weighted by Gasteiger charge is -2.30. The van der Waals surface area contributed by atoms with Crippen LogP contribution in [0.4, 0.5) is 22.7 Å². The quantitative estimate of drug-likeness (QED) is 0.160. The van der Waals surface area contributed by atoms with Crippen LogP contribution in [0.2, 0.25) is 0 Å². The third-order valence-electron chi connectivity index (χ3n) is 13.3. The molecule has 0 unspecified atom stereocenters. The van der Waals surface area contributed by atoms with Gasteiger partial charge in [-0.05, 0) is 111 Å². The highest BCUT2D eigenvalue weighted by Gasteiger charge is 2.33. The molecular weight excluding hydrogens is 805 g/mol. The van der Waals surface area contributed by atoms with Crippen LogP contribution in [0, 0.1) is 6.92 Å². The van der Waals surface area contributed by atoms with Crippen LogP contribution < -0.4 is 14.5 Å². The Morgan fingerprint density at radius 1 is 0.470 bits per heavy atom. The molecule has 0 amide bonds. The Kier molecular flexibility index (Phi) is 10.4. The van der Waals surface area contributed by atoms with Gasteiger partial charge >= 0.3 is 0 Å². The van der Waals surface area contributed by atoms with Crippen molar-refractivity contribution >= 4 is 44.6 Å². The monoisotopic (exact) mass is 864 g/mol. The van der Waals surface area contributed by atoms with Gasteiger partial charge in [-0.3, -0.25) is 4.57 Å². The molecule has 0 atom stereocenters. The van der Waals surface area contributed by atoms with Crippen LogP contribution >= 0.6 is 0 Å². The van der Waals surface area contributed by atoms with Crippen LogP contribution in [0.1, 0.15) is 84.6 Å². The number of hydrogen-bond acceptors (Lipinski definition) is 4. The fourth-order valence-electron chi connectivity index (χ4n) is 9.46. The maximum absolute atomic E-state index is 6.83. The minimum atomic E-state index is -0.0142. The Labute approximate surface area is 391 Å². The number of fused-ring (bicyclic) bond motifs is 4. The molecule has 5 heteroatoms. The van der Waals surface area contributed by atoms with Crippen LogP contribution in [0.25, 0.3) is 49.9 Å². The largest absolute Gasteiger partial charge is 0.457 e. The second kappa shape index (κ2) is 16.1. The molecule has 330 valence electrons. The third kappa shape index (κ3) is 7.91. The van der Waals surface area contributed by atoms with Crippen molar-refractivity contribution in [2.24, 2.45) is 0 Å². The predicted octanol–water partition coefficient (Wildman–Crippen LogP) is 16.8. The summed E-state index contributed by atoms with van der Waals surface area (Å²) in [6.45, 7) is 23.4. The van der Waals surface area contributed by atoms with Crippen molar-refractivity contribution in [2.75, 3.05) is 16.5 Å². The smallest absolute Gasteiger partial charge is 0.137 e. The lowest BCUT2D eigenvalue weighted by Crippen LogP contribution is -2.25. The number of aromatic nitrogens is 2. The summed E-state index contributed by atoms with van der Waals surface area (Å²) in [5.41, 5.74) is 16.7. The second-order valence-electron chi connectivity index (χ2n) is 21.1. The van der Waals surface area contributed by atoms with Crippen molar-refractivity contribution in [2.45, 2.75) is 85.5 Å². The summed E-state index contributed by atoms with van der Waals surface area (Å²) in [4.78, 5) is 10.0. The molecule has 0 saturated heterocycles. The number of aryl methyl sites for hydroxylation is 1. The van der Waals surface area contributed by atoms with Crippen LogP contribution in [-0.2, 0) is 16.2 Å². The topological polar surface area (TPSA) is 33.5 Å². The number of pyridine rings is 1. The number of hydrogen-bond donors (Lipinski definition) is 0. The molecule has 1 aliphatic heterocycles. The Balaban J connectivity index is 1.02. The number of ether oxygens (including phenoxy) is 1. The zero-order valence-corrected chi connectivity index (χ0v) is 40.1. The molecule has 3 heterocycles. The van der Waals surface area contributed by atoms with Gasteiger partial charge in [0.2, 0.25) is 0 Å². The highest BCUT2D eigenvalue weighted by atomic mass is 16.5.